The summed E-state index contributed by atoms with van der Waals surface area (Å²) in [5.41, 5.74) is -0.104. The minimum absolute atomic E-state index is 0.0261. The van der Waals surface area contributed by atoms with Gasteiger partial charge in [0.2, 0.25) is 0 Å². The molecule has 31 heavy (non-hydrogen) atoms. The van der Waals surface area contributed by atoms with E-state index in [4.69, 9.17) is 4.74 Å². The van der Waals surface area contributed by atoms with Crippen LogP contribution < -0.4 is 5.32 Å². The van der Waals surface area contributed by atoms with Crippen molar-refractivity contribution in [2.45, 2.75) is 17.1 Å². The lowest BCUT2D eigenvalue weighted by molar-refractivity contribution is -0.137. The van der Waals surface area contributed by atoms with Crippen LogP contribution in [0, 0.1) is 0 Å². The number of sulfone groups is 1. The Morgan fingerprint density at radius 2 is 1.71 bits per heavy atom. The first kappa shape index (κ1) is 23.2. The predicted molar refractivity (Wildman–Crippen MR) is 108 cm³/mol. The lowest BCUT2D eigenvalue weighted by Gasteiger charge is -2.35. The summed E-state index contributed by atoms with van der Waals surface area (Å²) in [7, 11) is -3.60. The predicted octanol–water partition coefficient (Wildman–Crippen LogP) is 2.91. The minimum Gasteiger partial charge on any atom is -0.379 e. The average Bonchev–Trinajstić information content (AvgIpc) is 2.73. The summed E-state index contributed by atoms with van der Waals surface area (Å²) in [5, 5.41) is 2.74. The molecule has 1 aliphatic heterocycles. The van der Waals surface area contributed by atoms with E-state index >= 15 is 0 Å². The summed E-state index contributed by atoms with van der Waals surface area (Å²) in [6.45, 7) is 2.16. The van der Waals surface area contributed by atoms with E-state index in [1.54, 1.807) is 6.07 Å². The minimum atomic E-state index is -4.43. The largest absolute Gasteiger partial charge is 0.416 e. The topological polar surface area (TPSA) is 75.7 Å². The molecule has 1 amide bonds. The average molecular weight is 456 g/mol. The monoisotopic (exact) mass is 456 g/mol. The molecule has 0 aromatic heterocycles. The van der Waals surface area contributed by atoms with Gasteiger partial charge in [0.25, 0.3) is 5.91 Å². The van der Waals surface area contributed by atoms with E-state index < -0.39 is 27.5 Å². The van der Waals surface area contributed by atoms with Crippen molar-refractivity contribution in [2.75, 3.05) is 39.1 Å². The van der Waals surface area contributed by atoms with Gasteiger partial charge in [0.1, 0.15) is 0 Å². The van der Waals surface area contributed by atoms with Crippen LogP contribution in [0.15, 0.2) is 53.4 Å². The van der Waals surface area contributed by atoms with Gasteiger partial charge in [-0.15, -0.1) is 0 Å². The Labute approximate surface area is 178 Å². The lowest BCUT2D eigenvalue weighted by Crippen LogP contribution is -2.44. The van der Waals surface area contributed by atoms with Gasteiger partial charge in [-0.1, -0.05) is 24.3 Å². The van der Waals surface area contributed by atoms with Crippen LogP contribution in [-0.2, 0) is 20.8 Å². The smallest absolute Gasteiger partial charge is 0.379 e. The first-order valence-corrected chi connectivity index (χ1v) is 11.5. The van der Waals surface area contributed by atoms with Crippen molar-refractivity contribution in [2.24, 2.45) is 0 Å². The van der Waals surface area contributed by atoms with Crippen molar-refractivity contribution in [1.29, 1.82) is 0 Å². The second kappa shape index (κ2) is 9.37. The van der Waals surface area contributed by atoms with E-state index in [0.29, 0.717) is 31.9 Å². The summed E-state index contributed by atoms with van der Waals surface area (Å²) in [6.07, 6.45) is -3.41. The second-order valence-corrected chi connectivity index (χ2v) is 9.25. The van der Waals surface area contributed by atoms with Crippen molar-refractivity contribution >= 4 is 15.7 Å². The molecule has 168 valence electrons. The number of nitrogens with one attached hydrogen (secondary N) is 1. The van der Waals surface area contributed by atoms with E-state index in [9.17, 15) is 26.4 Å². The third kappa shape index (κ3) is 5.84. The molecule has 10 heteroatoms. The third-order valence-corrected chi connectivity index (χ3v) is 6.25. The number of ether oxygens (including phenoxy) is 1. The number of morpholine rings is 1. The Bertz CT molecular complexity index is 1020. The number of hydrogen-bond acceptors (Lipinski definition) is 5. The van der Waals surface area contributed by atoms with Crippen molar-refractivity contribution in [3.63, 3.8) is 0 Å². The van der Waals surface area contributed by atoms with Crippen LogP contribution in [0.1, 0.15) is 27.5 Å². The molecule has 1 aliphatic rings. The molecule has 6 nitrogen and oxygen atoms in total. The first-order valence-electron chi connectivity index (χ1n) is 9.63. The maximum atomic E-state index is 12.9. The molecule has 1 N–H and O–H groups in total. The highest BCUT2D eigenvalue weighted by molar-refractivity contribution is 7.90. The van der Waals surface area contributed by atoms with Crippen molar-refractivity contribution < 1.29 is 31.1 Å². The Hall–Kier alpha value is -2.43. The third-order valence-electron chi connectivity index (χ3n) is 5.10. The van der Waals surface area contributed by atoms with Gasteiger partial charge in [-0.25, -0.2) is 8.42 Å². The van der Waals surface area contributed by atoms with Crippen LogP contribution in [0.3, 0.4) is 0 Å². The van der Waals surface area contributed by atoms with Gasteiger partial charge < -0.3 is 10.1 Å². The van der Waals surface area contributed by atoms with E-state index in [1.165, 1.54) is 30.3 Å². The van der Waals surface area contributed by atoms with Crippen LogP contribution in [0.5, 0.6) is 0 Å². The molecule has 2 aromatic rings. The molecule has 1 saturated heterocycles. The highest BCUT2D eigenvalue weighted by Gasteiger charge is 2.31. The van der Waals surface area contributed by atoms with Crippen LogP contribution in [0.2, 0.25) is 0 Å². The van der Waals surface area contributed by atoms with Gasteiger partial charge in [0.15, 0.2) is 9.84 Å². The number of halogens is 3. The lowest BCUT2D eigenvalue weighted by atomic mass is 10.0. The summed E-state index contributed by atoms with van der Waals surface area (Å²) < 4.78 is 68.1. The highest BCUT2D eigenvalue weighted by Crippen LogP contribution is 2.31. The van der Waals surface area contributed by atoms with Crippen LogP contribution in [-0.4, -0.2) is 58.3 Å². The normalized spacial score (nSPS) is 16.6. The molecule has 0 radical (unpaired) electrons. The van der Waals surface area contributed by atoms with E-state index in [-0.39, 0.29) is 23.0 Å². The molecule has 1 fully saturated rings. The molecular formula is C21H23F3N2O4S. The molecule has 1 heterocycles. The maximum absolute atomic E-state index is 12.9. The molecule has 1 atom stereocenters. The number of carbonyl (C=O) groups excluding carboxylic acids is 1. The number of hydrogen-bond donors (Lipinski definition) is 1. The van der Waals surface area contributed by atoms with E-state index in [1.807, 2.05) is 4.90 Å². The van der Waals surface area contributed by atoms with Crippen LogP contribution in [0.4, 0.5) is 13.2 Å². The summed E-state index contributed by atoms with van der Waals surface area (Å²) >= 11 is 0. The molecule has 0 bridgehead atoms. The Kier molecular flexibility index (Phi) is 7.03. The van der Waals surface area contributed by atoms with Crippen molar-refractivity contribution in [3.8, 4) is 0 Å². The SMILES string of the molecule is CS(=O)(=O)c1ccccc1C(=O)NCC(c1ccc(C(F)(F)F)cc1)N1CCOCC1. The zero-order valence-corrected chi connectivity index (χ0v) is 17.7. The standard InChI is InChI=1S/C21H23F3N2O4S/c1-31(28,29)19-5-3-2-4-17(19)20(27)25-14-18(26-10-12-30-13-11-26)15-6-8-16(9-7-15)21(22,23)24/h2-9,18H,10-14H2,1H3,(H,25,27). The molecule has 2 aromatic carbocycles. The van der Waals surface area contributed by atoms with Gasteiger partial charge >= 0.3 is 6.18 Å². The van der Waals surface area contributed by atoms with Crippen LogP contribution >= 0.6 is 0 Å². The zero-order valence-electron chi connectivity index (χ0n) is 16.9. The summed E-state index contributed by atoms with van der Waals surface area (Å²) in [6, 6.07) is 10.3. The highest BCUT2D eigenvalue weighted by atomic mass is 32.2. The number of carbonyl (C=O) groups is 1. The quantitative estimate of drug-likeness (QED) is 0.724. The molecular weight excluding hydrogens is 433 g/mol. The second-order valence-electron chi connectivity index (χ2n) is 7.26. The van der Waals surface area contributed by atoms with Gasteiger partial charge in [-0.3, -0.25) is 9.69 Å². The number of benzene rings is 2. The fourth-order valence-corrected chi connectivity index (χ4v) is 4.39. The van der Waals surface area contributed by atoms with E-state index in [2.05, 4.69) is 5.32 Å². The van der Waals surface area contributed by atoms with Gasteiger partial charge in [-0.2, -0.15) is 13.2 Å². The number of nitrogens with zero attached hydrogens (tertiary/aromatic N) is 1. The van der Waals surface area contributed by atoms with Crippen molar-refractivity contribution in [1.82, 2.24) is 10.2 Å². The zero-order chi connectivity index (χ0) is 22.6. The van der Waals surface area contributed by atoms with Gasteiger partial charge in [-0.05, 0) is 29.8 Å². The van der Waals surface area contributed by atoms with Gasteiger partial charge in [0, 0.05) is 25.9 Å². The Balaban J connectivity index is 1.82. The van der Waals surface area contributed by atoms with Gasteiger partial charge in [0.05, 0.1) is 35.3 Å². The molecule has 0 spiro atoms. The summed E-state index contributed by atoms with van der Waals surface area (Å²) in [4.78, 5) is 14.7. The molecule has 0 saturated carbocycles. The first-order chi connectivity index (χ1) is 14.6. The molecule has 1 unspecified atom stereocenters. The number of alkyl halides is 3. The fourth-order valence-electron chi connectivity index (χ4n) is 3.50. The van der Waals surface area contributed by atoms with E-state index in [0.717, 1.165) is 18.4 Å². The Morgan fingerprint density at radius 3 is 2.29 bits per heavy atom. The maximum Gasteiger partial charge on any atom is 0.416 e. The summed E-state index contributed by atoms with van der Waals surface area (Å²) in [5.74, 6) is -0.564. The van der Waals surface area contributed by atoms with Crippen LogP contribution in [0.25, 0.3) is 0 Å². The number of rotatable bonds is 6. The molecule has 3 rings (SSSR count). The molecule has 0 aliphatic carbocycles. The fraction of sp³-hybridized carbons (Fsp3) is 0.381. The number of amides is 1. The Morgan fingerprint density at radius 1 is 1.10 bits per heavy atom. The van der Waals surface area contributed by atoms with Crippen molar-refractivity contribution in [3.05, 3.63) is 65.2 Å².